The number of primary amides is 2. The number of rotatable bonds is 6. The first-order valence-electron chi connectivity index (χ1n) is 9.29. The Kier molecular flexibility index (Phi) is 8.41. The second-order valence-corrected chi connectivity index (χ2v) is 8.46. The van der Waals surface area contributed by atoms with Gasteiger partial charge in [0.1, 0.15) is 11.7 Å². The van der Waals surface area contributed by atoms with E-state index in [0.717, 1.165) is 19.1 Å². The predicted octanol–water partition coefficient (Wildman–Crippen LogP) is 7.01. The molecule has 2 rings (SSSR count). The molecule has 4 nitrogen and oxygen atoms in total. The maximum atomic E-state index is 15.3. The monoisotopic (exact) mass is 564 g/mol. The quantitative estimate of drug-likeness (QED) is 0.292. The molecule has 0 fully saturated rings. The molecule has 0 radical (unpaired) electrons. The van der Waals surface area contributed by atoms with Gasteiger partial charge in [0.2, 0.25) is 11.8 Å². The summed E-state index contributed by atoms with van der Waals surface area (Å²) in [5.41, 5.74) is 4.31. The van der Waals surface area contributed by atoms with E-state index in [0.29, 0.717) is 12.1 Å². The van der Waals surface area contributed by atoms with Gasteiger partial charge in [0, 0.05) is 5.56 Å². The molecule has 0 aliphatic rings. The number of benzene rings is 2. The number of nitrogens with two attached hydrogens (primary N) is 2. The van der Waals surface area contributed by atoms with E-state index in [4.69, 9.17) is 46.3 Å². The molecule has 0 aromatic heterocycles. The Morgan fingerprint density at radius 3 is 1.83 bits per heavy atom. The second-order valence-electron chi connectivity index (χ2n) is 7.27. The fourth-order valence-electron chi connectivity index (χ4n) is 3.30. The minimum atomic E-state index is -5.35. The average Bonchev–Trinajstić information content (AvgIpc) is 2.71. The highest BCUT2D eigenvalue weighted by Crippen LogP contribution is 2.45. The topological polar surface area (TPSA) is 86.2 Å². The molecule has 0 bridgehead atoms. The van der Waals surface area contributed by atoms with Gasteiger partial charge in [-0.1, -0.05) is 40.9 Å². The molecule has 1 unspecified atom stereocenters. The van der Waals surface area contributed by atoms with Crippen LogP contribution in [0, 0.1) is 0 Å². The number of carbonyl (C=O) groups is 2. The van der Waals surface area contributed by atoms with Crippen LogP contribution in [0.25, 0.3) is 5.83 Å². The molecular formula is C21H14Cl3F7N2O2. The Hall–Kier alpha value is -2.50. The van der Waals surface area contributed by atoms with Crippen molar-refractivity contribution in [3.63, 3.8) is 0 Å². The van der Waals surface area contributed by atoms with Crippen molar-refractivity contribution in [2.24, 2.45) is 11.5 Å². The predicted molar refractivity (Wildman–Crippen MR) is 117 cm³/mol. The molecule has 0 spiro atoms. The smallest absolute Gasteiger partial charge is 0.369 e. The lowest BCUT2D eigenvalue weighted by Crippen LogP contribution is -2.27. The molecule has 14 heteroatoms. The van der Waals surface area contributed by atoms with E-state index in [1.807, 2.05) is 0 Å². The number of carbonyl (C=O) groups excluding carboxylic acids is 2. The van der Waals surface area contributed by atoms with Gasteiger partial charge < -0.3 is 11.5 Å². The summed E-state index contributed by atoms with van der Waals surface area (Å²) in [7, 11) is 0. The molecule has 4 N–H and O–H groups in total. The van der Waals surface area contributed by atoms with E-state index in [1.54, 1.807) is 0 Å². The van der Waals surface area contributed by atoms with Crippen molar-refractivity contribution in [3.8, 4) is 0 Å². The van der Waals surface area contributed by atoms with Crippen LogP contribution in [0.4, 0.5) is 30.7 Å². The van der Waals surface area contributed by atoms with Crippen molar-refractivity contribution >= 4 is 52.4 Å². The standard InChI is InChI=1S/C21H14Cl3F7N2O2/c1-7(18(32)34)15-9(2-3-10(19(33)35)16(15)21(29,30)31)14(25)6-11(20(26,27)28)8-4-12(22)17(24)13(23)5-8/h2-7,11H,1H3,(H2,32,34)(H2,33,35)/b14-6-/t7-,11?/m1/s1. The van der Waals surface area contributed by atoms with Crippen molar-refractivity contribution < 1.29 is 40.3 Å². The number of hydrogen-bond donors (Lipinski definition) is 2. The molecule has 0 heterocycles. The van der Waals surface area contributed by atoms with Gasteiger partial charge in [-0.15, -0.1) is 0 Å². The zero-order chi connectivity index (χ0) is 27.0. The minimum Gasteiger partial charge on any atom is -0.369 e. The summed E-state index contributed by atoms with van der Waals surface area (Å²) in [5, 5.41) is -1.03. The van der Waals surface area contributed by atoms with Crippen LogP contribution in [0.15, 0.2) is 30.3 Å². The lowest BCUT2D eigenvalue weighted by molar-refractivity contribution is -0.140. The van der Waals surface area contributed by atoms with Gasteiger partial charge in [0.15, 0.2) is 0 Å². The normalized spacial score (nSPS) is 14.5. The Bertz CT molecular complexity index is 1190. The van der Waals surface area contributed by atoms with E-state index in [1.165, 1.54) is 0 Å². The molecule has 2 aromatic carbocycles. The Balaban J connectivity index is 2.90. The van der Waals surface area contributed by atoms with Crippen molar-refractivity contribution in [1.29, 1.82) is 0 Å². The first kappa shape index (κ1) is 28.7. The lowest BCUT2D eigenvalue weighted by atomic mass is 9.85. The molecule has 35 heavy (non-hydrogen) atoms. The largest absolute Gasteiger partial charge is 0.417 e. The number of hydrogen-bond acceptors (Lipinski definition) is 2. The molecule has 190 valence electrons. The zero-order valence-electron chi connectivity index (χ0n) is 17.3. The summed E-state index contributed by atoms with van der Waals surface area (Å²) >= 11 is 17.3. The van der Waals surface area contributed by atoms with E-state index in [9.17, 15) is 35.9 Å². The fraction of sp³-hybridized carbons (Fsp3) is 0.238. The number of alkyl halides is 6. The van der Waals surface area contributed by atoms with Crippen LogP contribution in [0.2, 0.25) is 15.1 Å². The summed E-state index contributed by atoms with van der Waals surface area (Å²) in [5.74, 6) is -9.33. The maximum absolute atomic E-state index is 15.3. The summed E-state index contributed by atoms with van der Waals surface area (Å²) in [4.78, 5) is 23.3. The molecule has 2 atom stereocenters. The second kappa shape index (κ2) is 10.2. The summed E-state index contributed by atoms with van der Waals surface area (Å²) in [6.45, 7) is 0.869. The van der Waals surface area contributed by atoms with Crippen LogP contribution in [0.5, 0.6) is 0 Å². The van der Waals surface area contributed by atoms with Crippen molar-refractivity contribution in [2.45, 2.75) is 31.1 Å². The molecule has 0 saturated heterocycles. The molecule has 0 saturated carbocycles. The Morgan fingerprint density at radius 1 is 0.943 bits per heavy atom. The van der Waals surface area contributed by atoms with Crippen molar-refractivity contribution in [1.82, 2.24) is 0 Å². The maximum Gasteiger partial charge on any atom is 0.417 e. The number of halogens is 10. The minimum absolute atomic E-state index is 0.0213. The van der Waals surface area contributed by atoms with Crippen LogP contribution < -0.4 is 11.5 Å². The van der Waals surface area contributed by atoms with Crippen LogP contribution >= 0.6 is 34.8 Å². The highest BCUT2D eigenvalue weighted by Gasteiger charge is 2.43. The zero-order valence-corrected chi connectivity index (χ0v) is 19.6. The van der Waals surface area contributed by atoms with Gasteiger partial charge in [-0.3, -0.25) is 9.59 Å². The van der Waals surface area contributed by atoms with Crippen molar-refractivity contribution in [3.05, 3.63) is 73.2 Å². The molecule has 2 amide bonds. The van der Waals surface area contributed by atoms with Gasteiger partial charge in [-0.25, -0.2) is 4.39 Å². The van der Waals surface area contributed by atoms with E-state index in [2.05, 4.69) is 0 Å². The molecular weight excluding hydrogens is 552 g/mol. The van der Waals surface area contributed by atoms with Gasteiger partial charge in [-0.2, -0.15) is 26.3 Å². The van der Waals surface area contributed by atoms with Crippen molar-refractivity contribution in [2.75, 3.05) is 0 Å². The third-order valence-corrected chi connectivity index (χ3v) is 6.14. The van der Waals surface area contributed by atoms with Gasteiger partial charge >= 0.3 is 12.4 Å². The van der Waals surface area contributed by atoms with E-state index < -0.39 is 69.6 Å². The lowest BCUT2D eigenvalue weighted by Gasteiger charge is -2.23. The molecule has 0 aliphatic carbocycles. The highest BCUT2D eigenvalue weighted by atomic mass is 35.5. The summed E-state index contributed by atoms with van der Waals surface area (Å²) in [6, 6.07) is 2.62. The summed E-state index contributed by atoms with van der Waals surface area (Å²) in [6.07, 6.45) is -10.5. The van der Waals surface area contributed by atoms with Gasteiger partial charge in [0.25, 0.3) is 0 Å². The fourth-order valence-corrected chi connectivity index (χ4v) is 3.91. The third kappa shape index (κ3) is 6.20. The van der Waals surface area contributed by atoms with E-state index in [-0.39, 0.29) is 21.1 Å². The number of amides is 2. The van der Waals surface area contributed by atoms with Gasteiger partial charge in [0.05, 0.1) is 32.1 Å². The molecule has 2 aromatic rings. The van der Waals surface area contributed by atoms with Gasteiger partial charge in [-0.05, 0) is 42.3 Å². The first-order valence-corrected chi connectivity index (χ1v) is 10.4. The highest BCUT2D eigenvalue weighted by molar-refractivity contribution is 6.48. The number of allylic oxidation sites excluding steroid dienone is 1. The third-order valence-electron chi connectivity index (χ3n) is 4.94. The molecule has 0 aliphatic heterocycles. The van der Waals surface area contributed by atoms with Crippen LogP contribution in [0.3, 0.4) is 0 Å². The van der Waals surface area contributed by atoms with Crippen LogP contribution in [-0.2, 0) is 11.0 Å². The summed E-state index contributed by atoms with van der Waals surface area (Å²) < 4.78 is 98.3. The van der Waals surface area contributed by atoms with Crippen LogP contribution in [0.1, 0.15) is 51.4 Å². The Morgan fingerprint density at radius 2 is 1.43 bits per heavy atom. The Labute approximate surface area is 208 Å². The SMILES string of the molecule is C[C@@H](C(N)=O)c1c(/C(F)=C/C(c2cc(Cl)c(Cl)c(Cl)c2)C(F)(F)F)ccc(C(N)=O)c1C(F)(F)F. The average molecular weight is 566 g/mol. The van der Waals surface area contributed by atoms with Crippen LogP contribution in [-0.4, -0.2) is 18.0 Å². The first-order chi connectivity index (χ1) is 15.9. The van der Waals surface area contributed by atoms with E-state index >= 15 is 4.39 Å².